The molecule has 1 heterocycles. The van der Waals surface area contributed by atoms with Crippen LogP contribution in [-0.4, -0.2) is 32.1 Å². The van der Waals surface area contributed by atoms with Gasteiger partial charge in [-0.1, -0.05) is 35.3 Å². The molecule has 4 rings (SSSR count). The summed E-state index contributed by atoms with van der Waals surface area (Å²) >= 11 is 12.4. The van der Waals surface area contributed by atoms with Crippen molar-refractivity contribution in [3.8, 4) is 23.0 Å². The van der Waals surface area contributed by atoms with E-state index in [2.05, 4.69) is 15.8 Å². The standard InChI is InChI=1S/C25H23Cl2N3O5/c1-2-32-23-10-17(9-20(27)25(23)33-14-16-3-5-18(26)6-4-16)12-29-30-24(31)13-28-19-7-8-21-22(11-19)35-15-34-21/h3-12,28H,2,13-15H2,1H3,(H,30,31)/b29-12-. The molecule has 1 aliphatic heterocycles. The summed E-state index contributed by atoms with van der Waals surface area (Å²) in [6, 6.07) is 16.1. The summed E-state index contributed by atoms with van der Waals surface area (Å²) in [7, 11) is 0. The second-order valence-electron chi connectivity index (χ2n) is 7.39. The predicted molar refractivity (Wildman–Crippen MR) is 135 cm³/mol. The number of anilines is 1. The zero-order chi connectivity index (χ0) is 24.6. The van der Waals surface area contributed by atoms with Crippen molar-refractivity contribution in [1.82, 2.24) is 5.43 Å². The van der Waals surface area contributed by atoms with E-state index < -0.39 is 0 Å². The van der Waals surface area contributed by atoms with E-state index in [0.29, 0.717) is 51.8 Å². The molecule has 3 aromatic carbocycles. The number of nitrogens with zero attached hydrogens (tertiary/aromatic N) is 1. The molecule has 0 aromatic heterocycles. The minimum Gasteiger partial charge on any atom is -0.490 e. The Morgan fingerprint density at radius 1 is 1.06 bits per heavy atom. The highest BCUT2D eigenvalue weighted by Crippen LogP contribution is 2.37. The maximum absolute atomic E-state index is 12.1. The Morgan fingerprint density at radius 2 is 1.86 bits per heavy atom. The summed E-state index contributed by atoms with van der Waals surface area (Å²) in [5.41, 5.74) is 4.79. The van der Waals surface area contributed by atoms with Gasteiger partial charge in [-0.15, -0.1) is 0 Å². The normalized spacial score (nSPS) is 12.0. The van der Waals surface area contributed by atoms with Gasteiger partial charge in [0.25, 0.3) is 5.91 Å². The number of hydrogen-bond acceptors (Lipinski definition) is 7. The third-order valence-electron chi connectivity index (χ3n) is 4.86. The Bertz CT molecular complexity index is 1220. The van der Waals surface area contributed by atoms with E-state index in [0.717, 1.165) is 11.3 Å². The molecular weight excluding hydrogens is 493 g/mol. The van der Waals surface area contributed by atoms with Crippen molar-refractivity contribution in [2.24, 2.45) is 5.10 Å². The topological polar surface area (TPSA) is 90.4 Å². The number of halogens is 2. The average molecular weight is 516 g/mol. The molecule has 2 N–H and O–H groups in total. The second-order valence-corrected chi connectivity index (χ2v) is 8.24. The van der Waals surface area contributed by atoms with Crippen LogP contribution in [0, 0.1) is 0 Å². The van der Waals surface area contributed by atoms with Crippen molar-refractivity contribution < 1.29 is 23.7 Å². The van der Waals surface area contributed by atoms with E-state index >= 15 is 0 Å². The predicted octanol–water partition coefficient (Wildman–Crippen LogP) is 5.26. The number of carbonyl (C=O) groups is 1. The fourth-order valence-electron chi connectivity index (χ4n) is 3.21. The minimum absolute atomic E-state index is 0.0272. The molecule has 35 heavy (non-hydrogen) atoms. The Kier molecular flexibility index (Phi) is 8.18. The molecule has 0 radical (unpaired) electrons. The lowest BCUT2D eigenvalue weighted by Gasteiger charge is -2.14. The number of rotatable bonds is 10. The van der Waals surface area contributed by atoms with E-state index in [1.807, 2.05) is 19.1 Å². The van der Waals surface area contributed by atoms with Crippen molar-refractivity contribution in [3.63, 3.8) is 0 Å². The smallest absolute Gasteiger partial charge is 0.259 e. The van der Waals surface area contributed by atoms with Crippen LogP contribution in [0.4, 0.5) is 5.69 Å². The van der Waals surface area contributed by atoms with E-state index in [1.54, 1.807) is 42.5 Å². The highest BCUT2D eigenvalue weighted by molar-refractivity contribution is 6.32. The number of fused-ring (bicyclic) bond motifs is 1. The number of amides is 1. The lowest BCUT2D eigenvalue weighted by atomic mass is 10.2. The second kappa shape index (κ2) is 11.7. The number of nitrogens with one attached hydrogen (secondary N) is 2. The van der Waals surface area contributed by atoms with Crippen LogP contribution in [0.25, 0.3) is 0 Å². The number of benzene rings is 3. The molecular formula is C25H23Cl2N3O5. The van der Waals surface area contributed by atoms with Gasteiger partial charge in [0, 0.05) is 16.8 Å². The lowest BCUT2D eigenvalue weighted by Crippen LogP contribution is -2.25. The number of carbonyl (C=O) groups excluding carboxylic acids is 1. The van der Waals surface area contributed by atoms with Gasteiger partial charge in [-0.3, -0.25) is 4.79 Å². The van der Waals surface area contributed by atoms with Crippen LogP contribution < -0.4 is 29.7 Å². The molecule has 0 saturated heterocycles. The molecule has 0 saturated carbocycles. The third kappa shape index (κ3) is 6.71. The zero-order valence-electron chi connectivity index (χ0n) is 18.8. The highest BCUT2D eigenvalue weighted by Gasteiger charge is 2.14. The first-order valence-electron chi connectivity index (χ1n) is 10.8. The molecule has 0 aliphatic carbocycles. The van der Waals surface area contributed by atoms with E-state index in [4.69, 9.17) is 42.1 Å². The molecule has 0 atom stereocenters. The third-order valence-corrected chi connectivity index (χ3v) is 5.39. The fraction of sp³-hybridized carbons (Fsp3) is 0.200. The fourth-order valence-corrected chi connectivity index (χ4v) is 3.61. The Balaban J connectivity index is 1.34. The van der Waals surface area contributed by atoms with E-state index in [1.165, 1.54) is 6.21 Å². The van der Waals surface area contributed by atoms with Gasteiger partial charge in [-0.2, -0.15) is 5.10 Å². The molecule has 3 aromatic rings. The van der Waals surface area contributed by atoms with Gasteiger partial charge in [0.1, 0.15) is 6.61 Å². The van der Waals surface area contributed by atoms with Gasteiger partial charge in [0.05, 0.1) is 24.4 Å². The number of hydrogen-bond donors (Lipinski definition) is 2. The van der Waals surface area contributed by atoms with Crippen molar-refractivity contribution in [1.29, 1.82) is 0 Å². The number of ether oxygens (including phenoxy) is 4. The molecule has 8 nitrogen and oxygen atoms in total. The molecule has 10 heteroatoms. The first-order valence-corrected chi connectivity index (χ1v) is 11.6. The summed E-state index contributed by atoms with van der Waals surface area (Å²) in [6.45, 7) is 2.82. The molecule has 1 aliphatic rings. The summed E-state index contributed by atoms with van der Waals surface area (Å²) in [5, 5.41) is 8.04. The van der Waals surface area contributed by atoms with Crippen molar-refractivity contribution in [3.05, 3.63) is 75.8 Å². The maximum atomic E-state index is 12.1. The highest BCUT2D eigenvalue weighted by atomic mass is 35.5. The van der Waals surface area contributed by atoms with E-state index in [-0.39, 0.29) is 19.2 Å². The van der Waals surface area contributed by atoms with Crippen LogP contribution in [0.3, 0.4) is 0 Å². The summed E-state index contributed by atoms with van der Waals surface area (Å²) in [4.78, 5) is 12.1. The van der Waals surface area contributed by atoms with Crippen molar-refractivity contribution in [2.45, 2.75) is 13.5 Å². The minimum atomic E-state index is -0.321. The quantitative estimate of drug-likeness (QED) is 0.282. The van der Waals surface area contributed by atoms with Crippen LogP contribution in [0.2, 0.25) is 10.0 Å². The Morgan fingerprint density at radius 3 is 2.66 bits per heavy atom. The van der Waals surface area contributed by atoms with Crippen LogP contribution >= 0.6 is 23.2 Å². The summed E-state index contributed by atoms with van der Waals surface area (Å²) in [6.07, 6.45) is 1.48. The SMILES string of the molecule is CCOc1cc(/C=N\NC(=O)CNc2ccc3c(c2)OCO3)cc(Cl)c1OCc1ccc(Cl)cc1. The van der Waals surface area contributed by atoms with Gasteiger partial charge in [-0.25, -0.2) is 5.43 Å². The van der Waals surface area contributed by atoms with Crippen molar-refractivity contribution in [2.75, 3.05) is 25.3 Å². The summed E-state index contributed by atoms with van der Waals surface area (Å²) < 4.78 is 22.2. The van der Waals surface area contributed by atoms with Gasteiger partial charge < -0.3 is 24.3 Å². The average Bonchev–Trinajstić information content (AvgIpc) is 3.31. The van der Waals surface area contributed by atoms with Gasteiger partial charge in [0.15, 0.2) is 23.0 Å². The van der Waals surface area contributed by atoms with Crippen LogP contribution in [0.15, 0.2) is 59.7 Å². The largest absolute Gasteiger partial charge is 0.490 e. The van der Waals surface area contributed by atoms with E-state index in [9.17, 15) is 4.79 Å². The molecule has 0 spiro atoms. The Labute approximate surface area is 212 Å². The van der Waals surface area contributed by atoms with Crippen LogP contribution in [0.1, 0.15) is 18.1 Å². The van der Waals surface area contributed by atoms with Crippen molar-refractivity contribution >= 4 is 41.0 Å². The Hall–Kier alpha value is -3.62. The molecule has 0 bridgehead atoms. The molecule has 0 unspecified atom stereocenters. The van der Waals surface area contributed by atoms with Crippen LogP contribution in [0.5, 0.6) is 23.0 Å². The van der Waals surface area contributed by atoms with Crippen LogP contribution in [-0.2, 0) is 11.4 Å². The maximum Gasteiger partial charge on any atom is 0.259 e. The lowest BCUT2D eigenvalue weighted by molar-refractivity contribution is -0.119. The molecule has 182 valence electrons. The van der Waals surface area contributed by atoms with Gasteiger partial charge in [-0.05, 0) is 54.4 Å². The van der Waals surface area contributed by atoms with Gasteiger partial charge >= 0.3 is 0 Å². The van der Waals surface area contributed by atoms with Gasteiger partial charge in [0.2, 0.25) is 6.79 Å². The zero-order valence-corrected chi connectivity index (χ0v) is 20.4. The number of hydrazone groups is 1. The molecule has 1 amide bonds. The molecule has 0 fully saturated rings. The first-order chi connectivity index (χ1) is 17.0. The first kappa shape index (κ1) is 24.5. The monoisotopic (exact) mass is 515 g/mol. The summed E-state index contributed by atoms with van der Waals surface area (Å²) in [5.74, 6) is 1.90.